The molecule has 1 aromatic rings. The van der Waals surface area contributed by atoms with Crippen molar-refractivity contribution in [3.63, 3.8) is 0 Å². The molecule has 3 rings (SSSR count). The Bertz CT molecular complexity index is 478. The van der Waals surface area contributed by atoms with Crippen molar-refractivity contribution in [1.82, 2.24) is 4.90 Å². The first-order chi connectivity index (χ1) is 8.16. The van der Waals surface area contributed by atoms with Crippen LogP contribution >= 0.6 is 15.9 Å². The van der Waals surface area contributed by atoms with Crippen molar-refractivity contribution in [1.29, 1.82) is 0 Å². The van der Waals surface area contributed by atoms with Gasteiger partial charge in [-0.1, -0.05) is 12.1 Å². The molecule has 1 amide bonds. The van der Waals surface area contributed by atoms with Gasteiger partial charge in [0, 0.05) is 29.5 Å². The van der Waals surface area contributed by atoms with Gasteiger partial charge in [-0.3, -0.25) is 0 Å². The number of nitrogens with zero attached hydrogens (tertiary/aromatic N) is 1. The zero-order valence-electron chi connectivity index (χ0n) is 9.19. The van der Waals surface area contributed by atoms with E-state index in [1.807, 2.05) is 12.1 Å². The van der Waals surface area contributed by atoms with Gasteiger partial charge in [0.1, 0.15) is 0 Å². The Morgan fingerprint density at radius 3 is 3.12 bits per heavy atom. The second-order valence-electron chi connectivity index (χ2n) is 4.58. The van der Waals surface area contributed by atoms with Crippen LogP contribution in [0.3, 0.4) is 0 Å². The zero-order valence-corrected chi connectivity index (χ0v) is 10.8. The van der Waals surface area contributed by atoms with Gasteiger partial charge in [0.2, 0.25) is 0 Å². The number of likely N-dealkylation sites (tertiary alicyclic amines) is 1. The summed E-state index contributed by atoms with van der Waals surface area (Å²) in [6.45, 7) is 1.21. The van der Waals surface area contributed by atoms with Gasteiger partial charge >= 0.3 is 6.09 Å². The number of amides is 1. The molecular formula is C12H13BrN2O2. The smallest absolute Gasteiger partial charge is 0.407 e. The molecule has 2 aliphatic heterocycles. The summed E-state index contributed by atoms with van der Waals surface area (Å²) < 4.78 is 1.06. The van der Waals surface area contributed by atoms with E-state index >= 15 is 0 Å². The molecule has 1 unspecified atom stereocenters. The van der Waals surface area contributed by atoms with Crippen molar-refractivity contribution in [2.75, 3.05) is 18.4 Å². The van der Waals surface area contributed by atoms with Crippen LogP contribution in [0.25, 0.3) is 0 Å². The first-order valence-corrected chi connectivity index (χ1v) is 6.49. The van der Waals surface area contributed by atoms with E-state index in [4.69, 9.17) is 5.11 Å². The van der Waals surface area contributed by atoms with Gasteiger partial charge in [-0.25, -0.2) is 4.79 Å². The lowest BCUT2D eigenvalue weighted by Crippen LogP contribution is -2.44. The Hall–Kier alpha value is -1.23. The third-order valence-electron chi connectivity index (χ3n) is 3.66. The number of benzene rings is 1. The number of anilines is 1. The Balaban J connectivity index is 1.93. The van der Waals surface area contributed by atoms with E-state index in [-0.39, 0.29) is 5.92 Å². The molecule has 1 saturated heterocycles. The van der Waals surface area contributed by atoms with Crippen molar-refractivity contribution >= 4 is 27.7 Å². The topological polar surface area (TPSA) is 52.6 Å². The predicted octanol–water partition coefficient (Wildman–Crippen LogP) is 2.71. The summed E-state index contributed by atoms with van der Waals surface area (Å²) in [5, 5.41) is 12.6. The molecule has 0 bridgehead atoms. The van der Waals surface area contributed by atoms with Crippen molar-refractivity contribution in [2.45, 2.75) is 18.4 Å². The first kappa shape index (κ1) is 10.9. The van der Waals surface area contributed by atoms with Gasteiger partial charge in [-0.2, -0.15) is 0 Å². The molecule has 1 aromatic carbocycles. The molecule has 2 heterocycles. The second kappa shape index (κ2) is 3.91. The number of piperidine rings is 1. The molecule has 2 atom stereocenters. The van der Waals surface area contributed by atoms with Gasteiger partial charge in [0.05, 0.1) is 5.69 Å². The number of hydrogen-bond donors (Lipinski definition) is 2. The van der Waals surface area contributed by atoms with Crippen molar-refractivity contribution < 1.29 is 9.90 Å². The number of fused-ring (bicyclic) bond motifs is 3. The van der Waals surface area contributed by atoms with Crippen LogP contribution in [0.2, 0.25) is 0 Å². The molecule has 5 heteroatoms. The summed E-state index contributed by atoms with van der Waals surface area (Å²) in [6, 6.07) is 6.48. The maximum atomic E-state index is 11.0. The van der Waals surface area contributed by atoms with E-state index in [9.17, 15) is 4.79 Å². The number of para-hydroxylation sites is 1. The third kappa shape index (κ3) is 1.69. The van der Waals surface area contributed by atoms with Gasteiger partial charge in [-0.15, -0.1) is 0 Å². The van der Waals surface area contributed by atoms with Crippen LogP contribution in [-0.4, -0.2) is 35.2 Å². The van der Waals surface area contributed by atoms with Crippen LogP contribution in [0.4, 0.5) is 10.5 Å². The molecule has 0 aromatic heterocycles. The minimum Gasteiger partial charge on any atom is -0.465 e. The van der Waals surface area contributed by atoms with Gasteiger partial charge in [-0.05, 0) is 34.0 Å². The zero-order chi connectivity index (χ0) is 12.0. The fourth-order valence-electron chi connectivity index (χ4n) is 2.80. The number of halogens is 1. The average molecular weight is 297 g/mol. The predicted molar refractivity (Wildman–Crippen MR) is 68.5 cm³/mol. The highest BCUT2D eigenvalue weighted by Gasteiger charge is 2.38. The van der Waals surface area contributed by atoms with Crippen LogP contribution in [-0.2, 0) is 0 Å². The van der Waals surface area contributed by atoms with E-state index in [2.05, 4.69) is 27.3 Å². The summed E-state index contributed by atoms with van der Waals surface area (Å²) in [5.74, 6) is 0.285. The summed E-state index contributed by atoms with van der Waals surface area (Å²) >= 11 is 3.53. The summed E-state index contributed by atoms with van der Waals surface area (Å²) in [6.07, 6.45) is 0.0600. The van der Waals surface area contributed by atoms with E-state index in [0.717, 1.165) is 16.6 Å². The molecule has 4 nitrogen and oxygen atoms in total. The monoisotopic (exact) mass is 296 g/mol. The van der Waals surface area contributed by atoms with Crippen LogP contribution in [0.5, 0.6) is 0 Å². The third-order valence-corrected chi connectivity index (χ3v) is 4.32. The molecule has 1 fully saturated rings. The van der Waals surface area contributed by atoms with Crippen LogP contribution in [0.15, 0.2) is 22.7 Å². The maximum absolute atomic E-state index is 11.0. The fraction of sp³-hybridized carbons (Fsp3) is 0.417. The fourth-order valence-corrected chi connectivity index (χ4v) is 3.30. The molecule has 0 radical (unpaired) electrons. The molecule has 17 heavy (non-hydrogen) atoms. The molecule has 0 saturated carbocycles. The lowest BCUT2D eigenvalue weighted by molar-refractivity contribution is 0.129. The van der Waals surface area contributed by atoms with Crippen molar-refractivity contribution in [2.24, 2.45) is 0 Å². The molecule has 2 aliphatic rings. The Morgan fingerprint density at radius 2 is 2.35 bits per heavy atom. The normalized spacial score (nSPS) is 26.1. The molecule has 0 aliphatic carbocycles. The van der Waals surface area contributed by atoms with Crippen molar-refractivity contribution in [3.05, 3.63) is 28.2 Å². The van der Waals surface area contributed by atoms with Gasteiger partial charge in [0.25, 0.3) is 0 Å². The highest BCUT2D eigenvalue weighted by Crippen LogP contribution is 2.43. The number of hydrogen-bond acceptors (Lipinski definition) is 2. The maximum Gasteiger partial charge on any atom is 0.407 e. The SMILES string of the molecule is O=C(O)N1CCC2Nc3c(Br)cccc3[C@@H]2C1. The van der Waals surface area contributed by atoms with E-state index in [1.165, 1.54) is 10.5 Å². The standard InChI is InChI=1S/C12H13BrN2O2/c13-9-3-1-2-7-8-6-15(12(16)17)5-4-10(8)14-11(7)9/h1-3,8,10,14H,4-6H2,(H,16,17)/t8-,10?/m0/s1. The van der Waals surface area contributed by atoms with Crippen LogP contribution in [0.1, 0.15) is 17.9 Å². The minimum absolute atomic E-state index is 0.285. The average Bonchev–Trinajstić information content (AvgIpc) is 2.68. The van der Waals surface area contributed by atoms with E-state index < -0.39 is 6.09 Å². The van der Waals surface area contributed by atoms with Crippen LogP contribution in [0, 0.1) is 0 Å². The molecule has 90 valence electrons. The lowest BCUT2D eigenvalue weighted by Gasteiger charge is -2.33. The summed E-state index contributed by atoms with van der Waals surface area (Å²) in [4.78, 5) is 12.5. The molecular weight excluding hydrogens is 284 g/mol. The highest BCUT2D eigenvalue weighted by molar-refractivity contribution is 9.10. The molecule has 2 N–H and O–H groups in total. The van der Waals surface area contributed by atoms with E-state index in [1.54, 1.807) is 0 Å². The molecule has 0 spiro atoms. The first-order valence-electron chi connectivity index (χ1n) is 5.69. The van der Waals surface area contributed by atoms with E-state index in [0.29, 0.717) is 19.1 Å². The minimum atomic E-state index is -0.813. The van der Waals surface area contributed by atoms with Gasteiger partial charge in [0.15, 0.2) is 0 Å². The Labute approximate surface area is 108 Å². The van der Waals surface area contributed by atoms with Gasteiger partial charge < -0.3 is 15.3 Å². The highest BCUT2D eigenvalue weighted by atomic mass is 79.9. The van der Waals surface area contributed by atoms with Crippen molar-refractivity contribution in [3.8, 4) is 0 Å². The quantitative estimate of drug-likeness (QED) is 0.774. The number of carbonyl (C=O) groups is 1. The number of nitrogens with one attached hydrogen (secondary N) is 1. The Morgan fingerprint density at radius 1 is 1.53 bits per heavy atom. The van der Waals surface area contributed by atoms with Crippen LogP contribution < -0.4 is 5.32 Å². The number of rotatable bonds is 0. The Kier molecular flexibility index (Phi) is 2.50. The summed E-state index contributed by atoms with van der Waals surface area (Å²) in [5.41, 5.74) is 2.37. The second-order valence-corrected chi connectivity index (χ2v) is 5.43. The largest absolute Gasteiger partial charge is 0.465 e. The lowest BCUT2D eigenvalue weighted by atomic mass is 9.90. The summed E-state index contributed by atoms with van der Waals surface area (Å²) in [7, 11) is 0. The number of carboxylic acid groups (broad SMARTS) is 1.